The first kappa shape index (κ1) is 21.9. The van der Waals surface area contributed by atoms with Crippen LogP contribution in [0.3, 0.4) is 0 Å². The normalized spacial score (nSPS) is 11.3. The third-order valence-corrected chi connectivity index (χ3v) is 6.19. The van der Waals surface area contributed by atoms with Crippen LogP contribution >= 0.6 is 15.9 Å². The Morgan fingerprint density at radius 3 is 1.70 bits per heavy atom. The number of nitrogens with zero attached hydrogens (tertiary/aromatic N) is 2. The van der Waals surface area contributed by atoms with Crippen molar-refractivity contribution in [1.82, 2.24) is 9.13 Å². The summed E-state index contributed by atoms with van der Waals surface area (Å²) in [5.74, 6) is -1.35. The zero-order valence-electron chi connectivity index (χ0n) is 17.4. The van der Waals surface area contributed by atoms with Crippen LogP contribution in [-0.2, 0) is 13.1 Å². The molecule has 0 saturated heterocycles. The summed E-state index contributed by atoms with van der Waals surface area (Å²) in [6.07, 6.45) is 0. The van der Waals surface area contributed by atoms with E-state index in [9.17, 15) is 19.8 Å². The van der Waals surface area contributed by atoms with Crippen LogP contribution in [0, 0.1) is 13.8 Å². The van der Waals surface area contributed by atoms with Gasteiger partial charge in [0, 0.05) is 29.0 Å². The van der Waals surface area contributed by atoms with Gasteiger partial charge in [0.15, 0.2) is 0 Å². The van der Waals surface area contributed by atoms with Crippen molar-refractivity contribution in [2.45, 2.75) is 46.7 Å². The largest absolute Gasteiger partial charge is 0.507 e. The Bertz CT molecular complexity index is 1150. The summed E-state index contributed by atoms with van der Waals surface area (Å²) in [6.45, 7) is 8.01. The zero-order chi connectivity index (χ0) is 22.2. The Labute approximate surface area is 183 Å². The van der Waals surface area contributed by atoms with Crippen molar-refractivity contribution in [3.8, 4) is 11.5 Å². The van der Waals surface area contributed by atoms with Gasteiger partial charge in [0.2, 0.25) is 0 Å². The molecule has 2 aromatic heterocycles. The minimum absolute atomic E-state index is 0.0632. The number of aryl methyl sites for hydroxylation is 2. The average Bonchev–Trinajstić information content (AvgIpc) is 2.67. The number of hydrogen-bond donors (Lipinski definition) is 2. The fourth-order valence-corrected chi connectivity index (χ4v) is 4.54. The lowest BCUT2D eigenvalue weighted by molar-refractivity contribution is 0.449. The molecule has 0 saturated carbocycles. The standard InChI is InChI=1S/C23H25BrN2O4/c1-5-25-13(3)11-17(27)20(22(25)29)19(15-9-7-8-10-16(15)24)21-18(28)12-14(4)26(6-2)23(21)30/h7-12,19,27-28H,5-6H2,1-4H3. The van der Waals surface area contributed by atoms with E-state index in [2.05, 4.69) is 15.9 Å². The van der Waals surface area contributed by atoms with Crippen LogP contribution in [-0.4, -0.2) is 19.3 Å². The lowest BCUT2D eigenvalue weighted by atomic mass is 9.85. The molecule has 1 aromatic carbocycles. The van der Waals surface area contributed by atoms with Gasteiger partial charge in [0.25, 0.3) is 11.1 Å². The van der Waals surface area contributed by atoms with Gasteiger partial charge in [-0.25, -0.2) is 0 Å². The highest BCUT2D eigenvalue weighted by molar-refractivity contribution is 9.10. The molecular weight excluding hydrogens is 448 g/mol. The van der Waals surface area contributed by atoms with E-state index >= 15 is 0 Å². The highest BCUT2D eigenvalue weighted by Crippen LogP contribution is 2.40. The molecule has 30 heavy (non-hydrogen) atoms. The first-order chi connectivity index (χ1) is 14.2. The van der Waals surface area contributed by atoms with Gasteiger partial charge in [-0.05, 0) is 51.5 Å². The van der Waals surface area contributed by atoms with Gasteiger partial charge in [-0.15, -0.1) is 0 Å². The highest BCUT2D eigenvalue weighted by atomic mass is 79.9. The maximum absolute atomic E-state index is 13.4. The molecule has 7 heteroatoms. The fourth-order valence-electron chi connectivity index (χ4n) is 4.03. The average molecular weight is 473 g/mol. The van der Waals surface area contributed by atoms with Crippen LogP contribution in [0.15, 0.2) is 50.5 Å². The summed E-state index contributed by atoms with van der Waals surface area (Å²) in [7, 11) is 0. The van der Waals surface area contributed by atoms with Gasteiger partial charge in [-0.2, -0.15) is 0 Å². The van der Waals surface area contributed by atoms with Gasteiger partial charge in [-0.3, -0.25) is 9.59 Å². The molecule has 0 aliphatic rings. The fraction of sp³-hybridized carbons (Fsp3) is 0.304. The molecule has 0 radical (unpaired) electrons. The maximum Gasteiger partial charge on any atom is 0.258 e. The lowest BCUT2D eigenvalue weighted by Crippen LogP contribution is -2.32. The van der Waals surface area contributed by atoms with Gasteiger partial charge >= 0.3 is 0 Å². The van der Waals surface area contributed by atoms with Gasteiger partial charge in [0.05, 0.1) is 17.0 Å². The minimum atomic E-state index is -0.947. The van der Waals surface area contributed by atoms with E-state index in [4.69, 9.17) is 0 Å². The van der Waals surface area contributed by atoms with E-state index in [-0.39, 0.29) is 22.6 Å². The van der Waals surface area contributed by atoms with E-state index in [1.807, 2.05) is 19.9 Å². The molecule has 3 rings (SSSR count). The molecule has 0 spiro atoms. The van der Waals surface area contributed by atoms with Crippen molar-refractivity contribution < 1.29 is 10.2 Å². The first-order valence-corrected chi connectivity index (χ1v) is 10.6. The van der Waals surface area contributed by atoms with Crippen molar-refractivity contribution in [2.75, 3.05) is 0 Å². The van der Waals surface area contributed by atoms with Crippen LogP contribution in [0.4, 0.5) is 0 Å². The van der Waals surface area contributed by atoms with E-state index in [0.717, 1.165) is 0 Å². The number of pyridine rings is 2. The van der Waals surface area contributed by atoms with Crippen LogP contribution in [0.25, 0.3) is 0 Å². The number of benzene rings is 1. The van der Waals surface area contributed by atoms with E-state index < -0.39 is 17.0 Å². The SMILES string of the molecule is CCn1c(C)cc(O)c(C(c2ccccc2Br)c2c(O)cc(C)n(CC)c2=O)c1=O. The van der Waals surface area contributed by atoms with Crippen molar-refractivity contribution in [3.63, 3.8) is 0 Å². The third-order valence-electron chi connectivity index (χ3n) is 5.47. The summed E-state index contributed by atoms with van der Waals surface area (Å²) in [5.41, 5.74) is 1.19. The van der Waals surface area contributed by atoms with Gasteiger partial charge < -0.3 is 19.3 Å². The van der Waals surface area contributed by atoms with Gasteiger partial charge in [-0.1, -0.05) is 34.1 Å². The van der Waals surface area contributed by atoms with E-state index in [0.29, 0.717) is 34.5 Å². The van der Waals surface area contributed by atoms with Gasteiger partial charge in [0.1, 0.15) is 11.5 Å². The second-order valence-corrected chi connectivity index (χ2v) is 8.08. The molecule has 3 aromatic rings. The zero-order valence-corrected chi connectivity index (χ0v) is 19.0. The Morgan fingerprint density at radius 2 is 1.30 bits per heavy atom. The monoisotopic (exact) mass is 472 g/mol. The van der Waals surface area contributed by atoms with Crippen molar-refractivity contribution in [1.29, 1.82) is 0 Å². The summed E-state index contributed by atoms with van der Waals surface area (Å²) in [4.78, 5) is 26.8. The summed E-state index contributed by atoms with van der Waals surface area (Å²) < 4.78 is 3.75. The molecule has 0 atom stereocenters. The third kappa shape index (κ3) is 3.58. The quantitative estimate of drug-likeness (QED) is 0.587. The molecule has 0 aliphatic carbocycles. The summed E-state index contributed by atoms with van der Waals surface area (Å²) in [5, 5.41) is 21.6. The van der Waals surface area contributed by atoms with Crippen LogP contribution < -0.4 is 11.1 Å². The Hall–Kier alpha value is -2.80. The molecular formula is C23H25BrN2O4. The Kier molecular flexibility index (Phi) is 6.22. The molecule has 0 unspecified atom stereocenters. The predicted octanol–water partition coefficient (Wildman–Crippen LogP) is 4.02. The minimum Gasteiger partial charge on any atom is -0.507 e. The Morgan fingerprint density at radius 1 is 0.867 bits per heavy atom. The number of aromatic hydroxyl groups is 2. The van der Waals surface area contributed by atoms with Crippen LogP contribution in [0.2, 0.25) is 0 Å². The highest BCUT2D eigenvalue weighted by Gasteiger charge is 2.31. The van der Waals surface area contributed by atoms with Crippen molar-refractivity contribution in [2.24, 2.45) is 0 Å². The van der Waals surface area contributed by atoms with Crippen LogP contribution in [0.5, 0.6) is 11.5 Å². The number of rotatable bonds is 5. The molecule has 6 nitrogen and oxygen atoms in total. The maximum atomic E-state index is 13.4. The second-order valence-electron chi connectivity index (χ2n) is 7.22. The predicted molar refractivity (Wildman–Crippen MR) is 121 cm³/mol. The molecule has 158 valence electrons. The molecule has 2 heterocycles. The number of hydrogen-bond acceptors (Lipinski definition) is 4. The van der Waals surface area contributed by atoms with Crippen molar-refractivity contribution in [3.05, 3.63) is 89.7 Å². The molecule has 2 N–H and O–H groups in total. The topological polar surface area (TPSA) is 84.5 Å². The summed E-state index contributed by atoms with van der Waals surface area (Å²) >= 11 is 3.51. The first-order valence-electron chi connectivity index (χ1n) is 9.83. The summed E-state index contributed by atoms with van der Waals surface area (Å²) in [6, 6.07) is 10.2. The smallest absolute Gasteiger partial charge is 0.258 e. The molecule has 0 fully saturated rings. The second kappa shape index (κ2) is 8.52. The van der Waals surface area contributed by atoms with Crippen molar-refractivity contribution >= 4 is 15.9 Å². The van der Waals surface area contributed by atoms with Crippen LogP contribution in [0.1, 0.15) is 47.8 Å². The molecule has 0 aliphatic heterocycles. The number of halogens is 1. The molecule has 0 bridgehead atoms. The Balaban J connectivity index is 2.51. The number of aromatic nitrogens is 2. The van der Waals surface area contributed by atoms with E-state index in [1.54, 1.807) is 41.2 Å². The lowest BCUT2D eigenvalue weighted by Gasteiger charge is -2.23. The molecule has 0 amide bonds. The van der Waals surface area contributed by atoms with E-state index in [1.165, 1.54) is 12.1 Å².